The Morgan fingerprint density at radius 1 is 1.10 bits per heavy atom. The highest BCUT2D eigenvalue weighted by molar-refractivity contribution is 5.95. The second kappa shape index (κ2) is 9.05. The molecule has 0 aliphatic rings. The lowest BCUT2D eigenvalue weighted by Crippen LogP contribution is -2.32. The Labute approximate surface area is 173 Å². The standard InChI is InChI=1S/C24H30N4O/c1-16(2)19-8-10-20(11-9-19)23(25)14-27-24(29)22-13-17(3)28(18(22)4)15-21-7-5-6-12-26-21/h5-13,16,23H,14-15,25H2,1-4H3,(H,27,29). The van der Waals surface area contributed by atoms with Gasteiger partial charge in [-0.2, -0.15) is 0 Å². The maximum atomic E-state index is 12.8. The molecular weight excluding hydrogens is 360 g/mol. The van der Waals surface area contributed by atoms with Gasteiger partial charge in [0, 0.05) is 30.2 Å². The van der Waals surface area contributed by atoms with Crippen LogP contribution in [0.5, 0.6) is 0 Å². The van der Waals surface area contributed by atoms with E-state index in [9.17, 15) is 4.79 Å². The van der Waals surface area contributed by atoms with Crippen molar-refractivity contribution in [1.29, 1.82) is 0 Å². The molecule has 0 saturated carbocycles. The first-order valence-electron chi connectivity index (χ1n) is 10.1. The lowest BCUT2D eigenvalue weighted by Gasteiger charge is -2.15. The molecule has 1 aromatic carbocycles. The maximum Gasteiger partial charge on any atom is 0.253 e. The quantitative estimate of drug-likeness (QED) is 0.638. The van der Waals surface area contributed by atoms with E-state index < -0.39 is 0 Å². The van der Waals surface area contributed by atoms with Gasteiger partial charge in [-0.05, 0) is 49.1 Å². The van der Waals surface area contributed by atoms with Crippen LogP contribution in [0.25, 0.3) is 0 Å². The molecule has 2 aromatic heterocycles. The smallest absolute Gasteiger partial charge is 0.253 e. The van der Waals surface area contributed by atoms with Crippen LogP contribution in [0.4, 0.5) is 0 Å². The van der Waals surface area contributed by atoms with Crippen LogP contribution in [0.1, 0.15) is 64.4 Å². The third-order valence-corrected chi connectivity index (χ3v) is 5.38. The van der Waals surface area contributed by atoms with Crippen molar-refractivity contribution < 1.29 is 4.79 Å². The molecule has 0 fully saturated rings. The Morgan fingerprint density at radius 2 is 1.79 bits per heavy atom. The molecule has 5 nitrogen and oxygen atoms in total. The van der Waals surface area contributed by atoms with Crippen molar-refractivity contribution in [1.82, 2.24) is 14.9 Å². The zero-order valence-electron chi connectivity index (χ0n) is 17.6. The van der Waals surface area contributed by atoms with Crippen molar-refractivity contribution >= 4 is 5.91 Å². The van der Waals surface area contributed by atoms with E-state index in [0.717, 1.165) is 22.6 Å². The summed E-state index contributed by atoms with van der Waals surface area (Å²) in [5.41, 5.74) is 12.2. The second-order valence-electron chi connectivity index (χ2n) is 7.83. The number of hydrogen-bond donors (Lipinski definition) is 2. The number of carbonyl (C=O) groups excluding carboxylic acids is 1. The number of benzene rings is 1. The molecule has 1 unspecified atom stereocenters. The van der Waals surface area contributed by atoms with Crippen LogP contribution in [0.2, 0.25) is 0 Å². The highest BCUT2D eigenvalue weighted by atomic mass is 16.1. The highest BCUT2D eigenvalue weighted by Gasteiger charge is 2.17. The van der Waals surface area contributed by atoms with Crippen LogP contribution >= 0.6 is 0 Å². The van der Waals surface area contributed by atoms with Gasteiger partial charge in [-0.1, -0.05) is 44.2 Å². The number of pyridine rings is 1. The number of rotatable bonds is 7. The number of nitrogens with two attached hydrogens (primary N) is 1. The Bertz CT molecular complexity index is 959. The fourth-order valence-corrected chi connectivity index (χ4v) is 3.47. The fraction of sp³-hybridized carbons (Fsp3) is 0.333. The van der Waals surface area contributed by atoms with Crippen molar-refractivity contribution in [2.45, 2.75) is 46.2 Å². The Morgan fingerprint density at radius 3 is 2.41 bits per heavy atom. The van der Waals surface area contributed by atoms with Crippen molar-refractivity contribution in [2.75, 3.05) is 6.54 Å². The number of aromatic nitrogens is 2. The van der Waals surface area contributed by atoms with E-state index in [1.165, 1.54) is 5.56 Å². The second-order valence-corrected chi connectivity index (χ2v) is 7.83. The van der Waals surface area contributed by atoms with Crippen molar-refractivity contribution in [3.05, 3.63) is 88.5 Å². The van der Waals surface area contributed by atoms with Crippen LogP contribution in [0.3, 0.4) is 0 Å². The zero-order valence-corrected chi connectivity index (χ0v) is 17.6. The summed E-state index contributed by atoms with van der Waals surface area (Å²) in [6.07, 6.45) is 1.78. The zero-order chi connectivity index (χ0) is 21.0. The van der Waals surface area contributed by atoms with Gasteiger partial charge in [0.1, 0.15) is 0 Å². The Kier molecular flexibility index (Phi) is 6.49. The number of aryl methyl sites for hydroxylation is 1. The molecule has 0 spiro atoms. The van der Waals surface area contributed by atoms with E-state index in [0.29, 0.717) is 24.6 Å². The fourth-order valence-electron chi connectivity index (χ4n) is 3.47. The molecule has 5 heteroatoms. The minimum Gasteiger partial charge on any atom is -0.350 e. The van der Waals surface area contributed by atoms with Gasteiger partial charge in [-0.3, -0.25) is 9.78 Å². The average Bonchev–Trinajstić information content (AvgIpc) is 3.01. The van der Waals surface area contributed by atoms with Gasteiger partial charge in [-0.15, -0.1) is 0 Å². The molecule has 0 radical (unpaired) electrons. The third-order valence-electron chi connectivity index (χ3n) is 5.38. The number of amides is 1. The summed E-state index contributed by atoms with van der Waals surface area (Å²) in [7, 11) is 0. The van der Waals surface area contributed by atoms with E-state index in [4.69, 9.17) is 5.73 Å². The summed E-state index contributed by atoms with van der Waals surface area (Å²) in [6, 6.07) is 15.8. The lowest BCUT2D eigenvalue weighted by molar-refractivity contribution is 0.0950. The van der Waals surface area contributed by atoms with E-state index >= 15 is 0 Å². The van der Waals surface area contributed by atoms with Crippen LogP contribution in [-0.2, 0) is 6.54 Å². The summed E-state index contributed by atoms with van der Waals surface area (Å²) >= 11 is 0. The molecule has 152 valence electrons. The predicted molar refractivity (Wildman–Crippen MR) is 117 cm³/mol. The molecular formula is C24H30N4O. The minimum atomic E-state index is -0.239. The van der Waals surface area contributed by atoms with E-state index in [1.807, 2.05) is 50.2 Å². The Balaban J connectivity index is 1.65. The topological polar surface area (TPSA) is 72.9 Å². The van der Waals surface area contributed by atoms with Crippen LogP contribution in [0, 0.1) is 13.8 Å². The highest BCUT2D eigenvalue weighted by Crippen LogP contribution is 2.19. The summed E-state index contributed by atoms with van der Waals surface area (Å²) in [5, 5.41) is 2.99. The summed E-state index contributed by atoms with van der Waals surface area (Å²) in [4.78, 5) is 17.1. The summed E-state index contributed by atoms with van der Waals surface area (Å²) in [6.45, 7) is 9.35. The van der Waals surface area contributed by atoms with Crippen LogP contribution in [0.15, 0.2) is 54.7 Å². The molecule has 3 aromatic rings. The normalized spacial score (nSPS) is 12.2. The largest absolute Gasteiger partial charge is 0.350 e. The molecule has 3 N–H and O–H groups in total. The summed E-state index contributed by atoms with van der Waals surface area (Å²) in [5.74, 6) is 0.390. The molecule has 29 heavy (non-hydrogen) atoms. The predicted octanol–water partition coefficient (Wildman–Crippen LogP) is 4.10. The first kappa shape index (κ1) is 20.8. The molecule has 0 saturated heterocycles. The maximum absolute atomic E-state index is 12.8. The van der Waals surface area contributed by atoms with Gasteiger partial charge >= 0.3 is 0 Å². The molecule has 0 aliphatic carbocycles. The number of hydrogen-bond acceptors (Lipinski definition) is 3. The van der Waals surface area contributed by atoms with Gasteiger partial charge in [-0.25, -0.2) is 0 Å². The van der Waals surface area contributed by atoms with Crippen molar-refractivity contribution in [2.24, 2.45) is 5.73 Å². The number of carbonyl (C=O) groups is 1. The molecule has 3 rings (SSSR count). The monoisotopic (exact) mass is 390 g/mol. The van der Waals surface area contributed by atoms with Crippen molar-refractivity contribution in [3.63, 3.8) is 0 Å². The number of nitrogens with one attached hydrogen (secondary N) is 1. The van der Waals surface area contributed by atoms with Crippen molar-refractivity contribution in [3.8, 4) is 0 Å². The van der Waals surface area contributed by atoms with Gasteiger partial charge in [0.2, 0.25) is 0 Å². The molecule has 0 aliphatic heterocycles. The van der Waals surface area contributed by atoms with E-state index in [2.05, 4.69) is 40.8 Å². The van der Waals surface area contributed by atoms with Gasteiger partial charge in [0.25, 0.3) is 5.91 Å². The first-order chi connectivity index (χ1) is 13.9. The average molecular weight is 391 g/mol. The molecule has 2 heterocycles. The van der Waals surface area contributed by atoms with Crippen LogP contribution in [-0.4, -0.2) is 22.0 Å². The third kappa shape index (κ3) is 4.93. The first-order valence-corrected chi connectivity index (χ1v) is 10.1. The van der Waals surface area contributed by atoms with Gasteiger partial charge in [0.05, 0.1) is 17.8 Å². The Hall–Kier alpha value is -2.92. The SMILES string of the molecule is Cc1cc(C(=O)NCC(N)c2ccc(C(C)C)cc2)c(C)n1Cc1ccccn1. The lowest BCUT2D eigenvalue weighted by atomic mass is 9.99. The van der Waals surface area contributed by atoms with Gasteiger partial charge in [0.15, 0.2) is 0 Å². The minimum absolute atomic E-state index is 0.0976. The van der Waals surface area contributed by atoms with Gasteiger partial charge < -0.3 is 15.6 Å². The molecule has 0 bridgehead atoms. The van der Waals surface area contributed by atoms with E-state index in [1.54, 1.807) is 6.20 Å². The summed E-state index contributed by atoms with van der Waals surface area (Å²) < 4.78 is 2.11. The van der Waals surface area contributed by atoms with E-state index in [-0.39, 0.29) is 11.9 Å². The molecule has 1 amide bonds. The number of nitrogens with zero attached hydrogens (tertiary/aromatic N) is 2. The molecule has 1 atom stereocenters. The van der Waals surface area contributed by atoms with Crippen LogP contribution < -0.4 is 11.1 Å².